The molecule has 0 saturated heterocycles. The van der Waals surface area contributed by atoms with Gasteiger partial charge in [-0.3, -0.25) is 14.6 Å². The molecule has 184 valence electrons. The molecule has 1 aromatic carbocycles. The highest BCUT2D eigenvalue weighted by molar-refractivity contribution is 7.98. The summed E-state index contributed by atoms with van der Waals surface area (Å²) in [7, 11) is 3.48. The van der Waals surface area contributed by atoms with E-state index < -0.39 is 0 Å². The molecule has 0 aliphatic heterocycles. The van der Waals surface area contributed by atoms with Crippen molar-refractivity contribution in [1.29, 1.82) is 0 Å². The zero-order valence-corrected chi connectivity index (χ0v) is 21.9. The van der Waals surface area contributed by atoms with Gasteiger partial charge in [0, 0.05) is 55.4 Å². The Kier molecular flexibility index (Phi) is 6.88. The van der Waals surface area contributed by atoms with Crippen molar-refractivity contribution in [3.8, 4) is 27.5 Å². The van der Waals surface area contributed by atoms with Crippen LogP contribution in [0.15, 0.2) is 48.8 Å². The van der Waals surface area contributed by atoms with E-state index in [1.807, 2.05) is 53.5 Å². The van der Waals surface area contributed by atoms with E-state index in [-0.39, 0.29) is 11.8 Å². The van der Waals surface area contributed by atoms with Gasteiger partial charge in [-0.1, -0.05) is 11.3 Å². The molecule has 36 heavy (non-hydrogen) atoms. The second-order valence-corrected chi connectivity index (χ2v) is 10.6. The number of hydrogen-bond acceptors (Lipinski definition) is 7. The topological polar surface area (TPSA) is 93.0 Å². The summed E-state index contributed by atoms with van der Waals surface area (Å²) in [5.74, 6) is 0.697. The number of thiazole rings is 1. The first-order valence-corrected chi connectivity index (χ1v) is 13.8. The molecular weight excluding hydrogens is 492 g/mol. The molecule has 0 unspecified atom stereocenters. The fraction of sp³-hybridized carbons (Fsp3) is 0.269. The molecule has 0 spiro atoms. The van der Waals surface area contributed by atoms with E-state index in [0.29, 0.717) is 17.1 Å². The van der Waals surface area contributed by atoms with E-state index in [1.54, 1.807) is 37.0 Å². The quantitative estimate of drug-likeness (QED) is 0.386. The summed E-state index contributed by atoms with van der Waals surface area (Å²) in [5, 5.41) is 8.60. The third-order valence-electron chi connectivity index (χ3n) is 5.99. The summed E-state index contributed by atoms with van der Waals surface area (Å²) < 4.78 is 1.93. The number of thioether (sulfide) groups is 1. The van der Waals surface area contributed by atoms with Gasteiger partial charge in [0.1, 0.15) is 0 Å². The van der Waals surface area contributed by atoms with Gasteiger partial charge < -0.3 is 10.2 Å². The average molecular weight is 519 g/mol. The first-order chi connectivity index (χ1) is 17.5. The van der Waals surface area contributed by atoms with Crippen LogP contribution >= 0.6 is 23.1 Å². The molecular formula is C26H26N6O2S2. The lowest BCUT2D eigenvalue weighted by atomic mass is 9.95. The number of rotatable bonds is 7. The van der Waals surface area contributed by atoms with Crippen molar-refractivity contribution in [2.75, 3.05) is 31.4 Å². The number of hydrogen-bond donors (Lipinski definition) is 1. The summed E-state index contributed by atoms with van der Waals surface area (Å²) >= 11 is 3.13. The molecule has 4 aromatic rings. The number of carbonyl (C=O) groups excluding carboxylic acids is 2. The number of benzene rings is 1. The van der Waals surface area contributed by atoms with Gasteiger partial charge in [-0.05, 0) is 55.5 Å². The maximum absolute atomic E-state index is 12.4. The van der Waals surface area contributed by atoms with Crippen LogP contribution in [0.5, 0.6) is 0 Å². The monoisotopic (exact) mass is 518 g/mol. The molecule has 2 amide bonds. The largest absolute Gasteiger partial charge is 0.345 e. The zero-order valence-electron chi connectivity index (χ0n) is 20.3. The Bertz CT molecular complexity index is 1410. The van der Waals surface area contributed by atoms with Gasteiger partial charge in [0.25, 0.3) is 5.91 Å². The van der Waals surface area contributed by atoms with Gasteiger partial charge in [0.05, 0.1) is 27.6 Å². The minimum absolute atomic E-state index is 0.0265. The Morgan fingerprint density at radius 3 is 2.67 bits per heavy atom. The molecule has 1 aliphatic carbocycles. The Morgan fingerprint density at radius 2 is 1.97 bits per heavy atom. The number of anilines is 1. The summed E-state index contributed by atoms with van der Waals surface area (Å²) in [6, 6.07) is 11.4. The molecule has 3 heterocycles. The summed E-state index contributed by atoms with van der Waals surface area (Å²) in [6.45, 7) is 0. The highest BCUT2D eigenvalue weighted by atomic mass is 32.2. The summed E-state index contributed by atoms with van der Waals surface area (Å²) in [6.07, 6.45) is 7.58. The van der Waals surface area contributed by atoms with Crippen molar-refractivity contribution in [2.24, 2.45) is 0 Å². The number of nitrogens with one attached hydrogen (secondary N) is 1. The van der Waals surface area contributed by atoms with E-state index in [1.165, 1.54) is 11.3 Å². The molecule has 1 aliphatic rings. The minimum atomic E-state index is -0.0494. The Labute approximate surface area is 217 Å². The van der Waals surface area contributed by atoms with Gasteiger partial charge in [-0.15, -0.1) is 0 Å². The lowest BCUT2D eigenvalue weighted by Gasteiger charge is -2.15. The zero-order chi connectivity index (χ0) is 25.2. The first-order valence-electron chi connectivity index (χ1n) is 11.6. The van der Waals surface area contributed by atoms with E-state index in [0.717, 1.165) is 57.4 Å². The standard InChI is InChI=1S/C26H26N6O2S2/c1-31(2)25(34)16-6-8-18(9-7-16)32-23-19(22(30-32)17-5-4-13-27-15-17)10-11-20-24(23)36-26(28-20)29-21(33)12-14-35-3/h4-9,13,15H,10-12,14H2,1-3H3,(H,28,29,33). The van der Waals surface area contributed by atoms with Crippen molar-refractivity contribution in [2.45, 2.75) is 19.3 Å². The lowest BCUT2D eigenvalue weighted by molar-refractivity contribution is -0.115. The van der Waals surface area contributed by atoms with Gasteiger partial charge >= 0.3 is 0 Å². The van der Waals surface area contributed by atoms with Gasteiger partial charge in [-0.2, -0.15) is 16.9 Å². The lowest BCUT2D eigenvalue weighted by Crippen LogP contribution is -2.21. The van der Waals surface area contributed by atoms with Crippen molar-refractivity contribution in [3.05, 3.63) is 65.6 Å². The van der Waals surface area contributed by atoms with Crippen LogP contribution in [0.2, 0.25) is 0 Å². The normalized spacial score (nSPS) is 12.1. The third-order valence-corrected chi connectivity index (χ3v) is 7.62. The van der Waals surface area contributed by atoms with Gasteiger partial charge in [0.2, 0.25) is 5.91 Å². The second kappa shape index (κ2) is 10.2. The number of nitrogens with zero attached hydrogens (tertiary/aromatic N) is 5. The molecule has 0 atom stereocenters. The highest BCUT2D eigenvalue weighted by Crippen LogP contribution is 2.44. The van der Waals surface area contributed by atoms with Crippen LogP contribution in [0.3, 0.4) is 0 Å². The SMILES string of the molecule is CSCCC(=O)Nc1nc2c(s1)-c1c(c(-c3cccnc3)nn1-c1ccc(C(=O)N(C)C)cc1)CC2. The predicted octanol–water partition coefficient (Wildman–Crippen LogP) is 4.55. The molecule has 8 nitrogen and oxygen atoms in total. The van der Waals surface area contributed by atoms with Crippen LogP contribution in [0.25, 0.3) is 27.5 Å². The predicted molar refractivity (Wildman–Crippen MR) is 145 cm³/mol. The fourth-order valence-corrected chi connectivity index (χ4v) is 5.70. The number of fused-ring (bicyclic) bond motifs is 3. The van der Waals surface area contributed by atoms with Gasteiger partial charge in [-0.25, -0.2) is 9.67 Å². The molecule has 0 fully saturated rings. The summed E-state index contributed by atoms with van der Waals surface area (Å²) in [4.78, 5) is 36.3. The van der Waals surface area contributed by atoms with Crippen LogP contribution in [-0.2, 0) is 17.6 Å². The minimum Gasteiger partial charge on any atom is -0.345 e. The van der Waals surface area contributed by atoms with Crippen molar-refractivity contribution >= 4 is 40.0 Å². The van der Waals surface area contributed by atoms with Crippen molar-refractivity contribution in [1.82, 2.24) is 24.6 Å². The van der Waals surface area contributed by atoms with Crippen LogP contribution in [0.1, 0.15) is 28.0 Å². The molecule has 0 bridgehead atoms. The maximum atomic E-state index is 12.4. The maximum Gasteiger partial charge on any atom is 0.253 e. The van der Waals surface area contributed by atoms with Crippen molar-refractivity contribution < 1.29 is 9.59 Å². The van der Waals surface area contributed by atoms with Crippen LogP contribution in [-0.4, -0.2) is 62.6 Å². The van der Waals surface area contributed by atoms with E-state index in [2.05, 4.69) is 10.3 Å². The highest BCUT2D eigenvalue weighted by Gasteiger charge is 2.30. The molecule has 1 N–H and O–H groups in total. The fourth-order valence-electron chi connectivity index (χ4n) is 4.23. The van der Waals surface area contributed by atoms with E-state index in [4.69, 9.17) is 10.1 Å². The second-order valence-electron chi connectivity index (χ2n) is 8.66. The number of aryl methyl sites for hydroxylation is 1. The average Bonchev–Trinajstić information content (AvgIpc) is 3.48. The van der Waals surface area contributed by atoms with E-state index in [9.17, 15) is 9.59 Å². The molecule has 3 aromatic heterocycles. The molecule has 0 saturated carbocycles. The van der Waals surface area contributed by atoms with Crippen LogP contribution in [0.4, 0.5) is 5.13 Å². The number of amides is 2. The number of pyridine rings is 1. The van der Waals surface area contributed by atoms with Crippen molar-refractivity contribution in [3.63, 3.8) is 0 Å². The van der Waals surface area contributed by atoms with Crippen LogP contribution in [0, 0.1) is 0 Å². The Morgan fingerprint density at radius 1 is 1.17 bits per heavy atom. The number of carbonyl (C=O) groups is 2. The van der Waals surface area contributed by atoms with E-state index >= 15 is 0 Å². The Balaban J connectivity index is 1.59. The van der Waals surface area contributed by atoms with Gasteiger partial charge in [0.15, 0.2) is 5.13 Å². The molecule has 0 radical (unpaired) electrons. The number of aromatic nitrogens is 4. The first kappa shape index (κ1) is 24.2. The smallest absolute Gasteiger partial charge is 0.253 e. The summed E-state index contributed by atoms with van der Waals surface area (Å²) in [5.41, 5.74) is 6.37. The third kappa shape index (κ3) is 4.66. The molecule has 10 heteroatoms. The van der Waals surface area contributed by atoms with Crippen LogP contribution < -0.4 is 5.32 Å². The molecule has 5 rings (SSSR count). The Hall–Kier alpha value is -3.50.